The molecule has 192 valence electrons. The van der Waals surface area contributed by atoms with E-state index < -0.39 is 44.7 Å². The molecule has 0 radical (unpaired) electrons. The van der Waals surface area contributed by atoms with E-state index in [0.717, 1.165) is 21.6 Å². The molecule has 0 bridgehead atoms. The molecule has 0 aliphatic carbocycles. The fourth-order valence-electron chi connectivity index (χ4n) is 3.25. The molecule has 2 aromatic rings. The normalized spacial score (nSPS) is 16.1. The Morgan fingerprint density at radius 3 is 2.33 bits per heavy atom. The number of amides is 1. The Hall–Kier alpha value is -3.42. The molecule has 2 aromatic carbocycles. The van der Waals surface area contributed by atoms with Crippen molar-refractivity contribution in [1.82, 2.24) is 4.90 Å². The Kier molecular flexibility index (Phi) is 8.71. The monoisotopic (exact) mass is 536 g/mol. The summed E-state index contributed by atoms with van der Waals surface area (Å²) in [5.41, 5.74) is 0.994. The number of nitrogens with zero attached hydrogens (tertiary/aromatic N) is 2. The number of thioether (sulfide) groups is 1. The van der Waals surface area contributed by atoms with Gasteiger partial charge in [-0.2, -0.15) is 8.42 Å². The van der Waals surface area contributed by atoms with Crippen LogP contribution in [0.4, 0.5) is 5.69 Å². The van der Waals surface area contributed by atoms with E-state index in [-0.39, 0.29) is 24.4 Å². The summed E-state index contributed by atoms with van der Waals surface area (Å²) >= 11 is 1.32. The number of methoxy groups -OCH3 is 1. The lowest BCUT2D eigenvalue weighted by atomic mass is 10.1. The molecule has 1 aliphatic rings. The van der Waals surface area contributed by atoms with Gasteiger partial charge in [-0.05, 0) is 36.8 Å². The van der Waals surface area contributed by atoms with Gasteiger partial charge in [0.05, 0.1) is 23.0 Å². The van der Waals surface area contributed by atoms with E-state index in [1.165, 1.54) is 43.1 Å². The molecule has 13 heteroatoms. The standard InChI is InChI=1S/C23H24N2O9S2/c1-15-4-10-18(11-5-15)35-21-12-20(26)24(21)22(19(14-32-2)34-36(3,30)31)23(27)33-13-16-6-8-17(9-7-16)25(28)29/h4-11,21H,12-14H2,1-3H3. The fourth-order valence-corrected chi connectivity index (χ4v) is 4.90. The summed E-state index contributed by atoms with van der Waals surface area (Å²) in [4.78, 5) is 38.1. The molecule has 1 aliphatic heterocycles. The number of carbonyl (C=O) groups excluding carboxylic acids is 2. The second-order valence-corrected chi connectivity index (χ2v) is 10.7. The third-order valence-corrected chi connectivity index (χ3v) is 6.64. The highest BCUT2D eigenvalue weighted by Gasteiger charge is 2.44. The van der Waals surface area contributed by atoms with E-state index in [0.29, 0.717) is 5.56 Å². The van der Waals surface area contributed by atoms with Crippen molar-refractivity contribution in [3.8, 4) is 0 Å². The smallest absolute Gasteiger partial charge is 0.359 e. The molecule has 1 amide bonds. The number of aryl methyl sites for hydroxylation is 1. The van der Waals surface area contributed by atoms with Crippen LogP contribution in [0.15, 0.2) is 64.9 Å². The summed E-state index contributed by atoms with van der Waals surface area (Å²) in [5, 5.41) is 10.3. The lowest BCUT2D eigenvalue weighted by Gasteiger charge is -2.40. The van der Waals surface area contributed by atoms with Crippen molar-refractivity contribution in [2.75, 3.05) is 20.0 Å². The second-order valence-electron chi connectivity index (χ2n) is 7.85. The molecule has 0 N–H and O–H groups in total. The first kappa shape index (κ1) is 27.2. The van der Waals surface area contributed by atoms with Gasteiger partial charge in [0, 0.05) is 24.1 Å². The second kappa shape index (κ2) is 11.5. The molecule has 0 aromatic heterocycles. The molecular formula is C23H24N2O9S2. The number of hydrogen-bond donors (Lipinski definition) is 0. The maximum Gasteiger partial charge on any atom is 0.359 e. The molecule has 1 heterocycles. The summed E-state index contributed by atoms with van der Waals surface area (Å²) in [6, 6.07) is 12.9. The van der Waals surface area contributed by atoms with Crippen LogP contribution >= 0.6 is 11.8 Å². The van der Waals surface area contributed by atoms with Crippen LogP contribution in [0.2, 0.25) is 0 Å². The van der Waals surface area contributed by atoms with Gasteiger partial charge in [-0.15, -0.1) is 11.8 Å². The van der Waals surface area contributed by atoms with Gasteiger partial charge < -0.3 is 13.7 Å². The van der Waals surface area contributed by atoms with E-state index in [1.54, 1.807) is 0 Å². The average Bonchev–Trinajstić information content (AvgIpc) is 2.81. The first-order valence-corrected chi connectivity index (χ1v) is 13.3. The number of benzene rings is 2. The van der Waals surface area contributed by atoms with E-state index in [4.69, 9.17) is 13.7 Å². The number of ether oxygens (including phenoxy) is 2. The quantitative estimate of drug-likeness (QED) is 0.0799. The summed E-state index contributed by atoms with van der Waals surface area (Å²) in [7, 11) is -2.79. The van der Waals surface area contributed by atoms with Gasteiger partial charge >= 0.3 is 16.1 Å². The third kappa shape index (κ3) is 7.06. The first-order chi connectivity index (χ1) is 17.0. The first-order valence-electron chi connectivity index (χ1n) is 10.6. The summed E-state index contributed by atoms with van der Waals surface area (Å²) in [5.74, 6) is -1.82. The molecule has 1 atom stereocenters. The molecule has 1 saturated heterocycles. The zero-order valence-corrected chi connectivity index (χ0v) is 21.3. The van der Waals surface area contributed by atoms with Crippen LogP contribution in [0.1, 0.15) is 17.5 Å². The summed E-state index contributed by atoms with van der Waals surface area (Å²) < 4.78 is 39.2. The van der Waals surface area contributed by atoms with Crippen molar-refractivity contribution in [2.45, 2.75) is 30.2 Å². The van der Waals surface area contributed by atoms with Crippen molar-refractivity contribution in [3.63, 3.8) is 0 Å². The minimum absolute atomic E-state index is 0.108. The van der Waals surface area contributed by atoms with Crippen LogP contribution in [0, 0.1) is 17.0 Å². The summed E-state index contributed by atoms with van der Waals surface area (Å²) in [6.45, 7) is 1.24. The van der Waals surface area contributed by atoms with Crippen LogP contribution < -0.4 is 0 Å². The van der Waals surface area contributed by atoms with Gasteiger partial charge in [-0.1, -0.05) is 17.7 Å². The van der Waals surface area contributed by atoms with E-state index in [1.807, 2.05) is 31.2 Å². The molecule has 3 rings (SSSR count). The van der Waals surface area contributed by atoms with Crippen molar-refractivity contribution in [1.29, 1.82) is 0 Å². The highest BCUT2D eigenvalue weighted by Crippen LogP contribution is 2.39. The van der Waals surface area contributed by atoms with Crippen molar-refractivity contribution >= 4 is 39.4 Å². The Labute approximate surface area is 212 Å². The summed E-state index contributed by atoms with van der Waals surface area (Å²) in [6.07, 6.45) is 0.912. The molecule has 0 saturated carbocycles. The maximum absolute atomic E-state index is 13.2. The van der Waals surface area contributed by atoms with Gasteiger partial charge in [0.1, 0.15) is 13.2 Å². The van der Waals surface area contributed by atoms with Gasteiger partial charge in [0.25, 0.3) is 5.69 Å². The zero-order valence-electron chi connectivity index (χ0n) is 19.7. The van der Waals surface area contributed by atoms with Crippen LogP contribution in [0.3, 0.4) is 0 Å². The number of hydrogen-bond acceptors (Lipinski definition) is 10. The van der Waals surface area contributed by atoms with E-state index >= 15 is 0 Å². The van der Waals surface area contributed by atoms with E-state index in [2.05, 4.69) is 0 Å². The highest BCUT2D eigenvalue weighted by atomic mass is 32.2. The number of rotatable bonds is 11. The number of β-lactam (4-membered cyclic amide) rings is 1. The van der Waals surface area contributed by atoms with Crippen LogP contribution in [0.25, 0.3) is 0 Å². The Morgan fingerprint density at radius 1 is 1.17 bits per heavy atom. The van der Waals surface area contributed by atoms with Gasteiger partial charge in [0.2, 0.25) is 5.91 Å². The maximum atomic E-state index is 13.2. The van der Waals surface area contributed by atoms with Crippen LogP contribution in [0.5, 0.6) is 0 Å². The van der Waals surface area contributed by atoms with Crippen molar-refractivity contribution in [3.05, 3.63) is 81.2 Å². The van der Waals surface area contributed by atoms with Crippen molar-refractivity contribution < 1.29 is 36.6 Å². The molecule has 1 unspecified atom stereocenters. The number of non-ortho nitro benzene ring substituents is 1. The van der Waals surface area contributed by atoms with Crippen LogP contribution in [-0.2, 0) is 40.0 Å². The van der Waals surface area contributed by atoms with Crippen LogP contribution in [-0.4, -0.2) is 55.5 Å². The van der Waals surface area contributed by atoms with Crippen molar-refractivity contribution in [2.24, 2.45) is 0 Å². The number of carbonyl (C=O) groups is 2. The Morgan fingerprint density at radius 2 is 1.81 bits per heavy atom. The lowest BCUT2D eigenvalue weighted by Crippen LogP contribution is -2.52. The largest absolute Gasteiger partial charge is 0.456 e. The number of nitro groups is 1. The molecule has 36 heavy (non-hydrogen) atoms. The van der Waals surface area contributed by atoms with Gasteiger partial charge in [0.15, 0.2) is 11.5 Å². The van der Waals surface area contributed by atoms with E-state index in [9.17, 15) is 28.1 Å². The predicted molar refractivity (Wildman–Crippen MR) is 130 cm³/mol. The number of esters is 1. The zero-order chi connectivity index (χ0) is 26.5. The molecule has 0 spiro atoms. The van der Waals surface area contributed by atoms with Gasteiger partial charge in [-0.25, -0.2) is 4.79 Å². The molecule has 11 nitrogen and oxygen atoms in total. The fraction of sp³-hybridized carbons (Fsp3) is 0.304. The SMILES string of the molecule is COCC(OS(C)(=O)=O)=C(C(=O)OCc1ccc([N+](=O)[O-])cc1)N1C(=O)CC1Sc1ccc(C)cc1. The minimum Gasteiger partial charge on any atom is -0.456 e. The Balaban J connectivity index is 1.91. The number of likely N-dealkylation sites (tertiary alicyclic amines) is 1. The average molecular weight is 537 g/mol. The number of nitro benzene ring substituents is 1. The molecular weight excluding hydrogens is 512 g/mol. The van der Waals surface area contributed by atoms with Gasteiger partial charge in [-0.3, -0.25) is 19.8 Å². The minimum atomic E-state index is -4.07. The topological polar surface area (TPSA) is 142 Å². The predicted octanol–water partition coefficient (Wildman–Crippen LogP) is 3.13. The lowest BCUT2D eigenvalue weighted by molar-refractivity contribution is -0.384. The Bertz CT molecular complexity index is 1270. The third-order valence-electron chi connectivity index (χ3n) is 4.94. The molecule has 1 fully saturated rings. The highest BCUT2D eigenvalue weighted by molar-refractivity contribution is 8.00.